The molecule has 0 spiro atoms. The number of nitrogens with zero attached hydrogens (tertiary/aromatic N) is 3. The topological polar surface area (TPSA) is 89.3 Å². The first-order valence-corrected chi connectivity index (χ1v) is 7.13. The average molecular weight is 288 g/mol. The summed E-state index contributed by atoms with van der Waals surface area (Å²) in [6.45, 7) is 4.67. The van der Waals surface area contributed by atoms with E-state index >= 15 is 0 Å². The number of nitrogens with one attached hydrogen (secondary N) is 1. The van der Waals surface area contributed by atoms with E-state index in [1.165, 1.54) is 0 Å². The third-order valence-corrected chi connectivity index (χ3v) is 3.93. The number of carboxylic acid groups (broad SMARTS) is 1. The Morgan fingerprint density at radius 1 is 1.57 bits per heavy atom. The summed E-state index contributed by atoms with van der Waals surface area (Å²) in [5, 5.41) is 21.2. The smallest absolute Gasteiger partial charge is 0.317 e. The highest BCUT2D eigenvalue weighted by molar-refractivity contribution is 5.69. The monoisotopic (exact) mass is 288 g/mol. The summed E-state index contributed by atoms with van der Waals surface area (Å²) < 4.78 is 0. The zero-order valence-corrected chi connectivity index (χ0v) is 12.3. The van der Waals surface area contributed by atoms with E-state index in [1.807, 2.05) is 30.9 Å². The molecule has 1 heterocycles. The predicted molar refractivity (Wildman–Crippen MR) is 79.0 cm³/mol. The maximum atomic E-state index is 10.8. The van der Waals surface area contributed by atoms with E-state index in [4.69, 9.17) is 10.4 Å². The Labute approximate surface area is 124 Å². The van der Waals surface area contributed by atoms with Gasteiger partial charge in [0, 0.05) is 12.1 Å². The summed E-state index contributed by atoms with van der Waals surface area (Å²) in [7, 11) is 0. The minimum Gasteiger partial charge on any atom is -0.480 e. The normalized spacial score (nSPS) is 20.7. The Morgan fingerprint density at radius 2 is 2.29 bits per heavy atom. The summed E-state index contributed by atoms with van der Waals surface area (Å²) in [6.07, 6.45) is 1.80. The van der Waals surface area contributed by atoms with Crippen LogP contribution in [0.4, 0.5) is 5.82 Å². The largest absolute Gasteiger partial charge is 0.480 e. The number of carboxylic acids is 1. The van der Waals surface area contributed by atoms with Crippen LogP contribution in [0.15, 0.2) is 12.1 Å². The van der Waals surface area contributed by atoms with Crippen molar-refractivity contribution in [2.75, 3.05) is 18.4 Å². The van der Waals surface area contributed by atoms with Crippen molar-refractivity contribution in [2.24, 2.45) is 0 Å². The van der Waals surface area contributed by atoms with Crippen molar-refractivity contribution in [2.45, 2.75) is 38.8 Å². The van der Waals surface area contributed by atoms with Crippen LogP contribution in [0.5, 0.6) is 0 Å². The Bertz CT molecular complexity index is 561. The molecule has 1 aliphatic rings. The highest BCUT2D eigenvalue weighted by Gasteiger charge is 2.33. The number of likely N-dealkylation sites (N-methyl/N-ethyl adjacent to an activating group) is 1. The molecule has 1 aliphatic carbocycles. The van der Waals surface area contributed by atoms with Crippen LogP contribution < -0.4 is 5.32 Å². The number of carbonyl (C=O) groups is 1. The van der Waals surface area contributed by atoms with Crippen molar-refractivity contribution < 1.29 is 9.90 Å². The molecular weight excluding hydrogens is 268 g/mol. The molecule has 0 unspecified atom stereocenters. The van der Waals surface area contributed by atoms with Gasteiger partial charge >= 0.3 is 5.97 Å². The van der Waals surface area contributed by atoms with Crippen LogP contribution in [0.1, 0.15) is 31.0 Å². The average Bonchev–Trinajstić information content (AvgIpc) is 2.41. The lowest BCUT2D eigenvalue weighted by Gasteiger charge is -2.42. The quantitative estimate of drug-likeness (QED) is 0.826. The van der Waals surface area contributed by atoms with Gasteiger partial charge < -0.3 is 10.4 Å². The fraction of sp³-hybridized carbons (Fsp3) is 0.533. The summed E-state index contributed by atoms with van der Waals surface area (Å²) >= 11 is 0. The molecule has 0 saturated heterocycles. The third-order valence-electron chi connectivity index (χ3n) is 3.93. The number of aryl methyl sites for hydroxylation is 1. The second-order valence-corrected chi connectivity index (χ2v) is 5.40. The van der Waals surface area contributed by atoms with Crippen LogP contribution >= 0.6 is 0 Å². The molecule has 0 atom stereocenters. The number of pyridine rings is 1. The molecule has 112 valence electrons. The molecule has 0 bridgehead atoms. The highest BCUT2D eigenvalue weighted by atomic mass is 16.4. The molecule has 1 aromatic heterocycles. The number of aliphatic carboxylic acids is 1. The van der Waals surface area contributed by atoms with Gasteiger partial charge in [-0.2, -0.15) is 5.26 Å². The molecular formula is C15H20N4O2. The van der Waals surface area contributed by atoms with Gasteiger partial charge in [-0.3, -0.25) is 9.69 Å². The van der Waals surface area contributed by atoms with Crippen LogP contribution in [-0.2, 0) is 4.79 Å². The van der Waals surface area contributed by atoms with Crippen LogP contribution in [0.3, 0.4) is 0 Å². The zero-order valence-electron chi connectivity index (χ0n) is 12.3. The van der Waals surface area contributed by atoms with Crippen molar-refractivity contribution in [1.29, 1.82) is 5.26 Å². The maximum absolute atomic E-state index is 10.8. The number of nitriles is 1. The van der Waals surface area contributed by atoms with Crippen LogP contribution in [0.2, 0.25) is 0 Å². The van der Waals surface area contributed by atoms with Crippen molar-refractivity contribution >= 4 is 11.8 Å². The maximum Gasteiger partial charge on any atom is 0.317 e. The number of aromatic nitrogens is 1. The van der Waals surface area contributed by atoms with Crippen molar-refractivity contribution in [3.05, 3.63) is 23.4 Å². The molecule has 6 heteroatoms. The first kappa shape index (κ1) is 15.3. The molecule has 0 radical (unpaired) electrons. The number of anilines is 1. The molecule has 1 fully saturated rings. The lowest BCUT2D eigenvalue weighted by Crippen LogP contribution is -2.51. The lowest BCUT2D eigenvalue weighted by atomic mass is 9.85. The number of hydrogen-bond acceptors (Lipinski definition) is 5. The van der Waals surface area contributed by atoms with Gasteiger partial charge in [-0.1, -0.05) is 13.0 Å². The number of hydrogen-bond donors (Lipinski definition) is 2. The van der Waals surface area contributed by atoms with Gasteiger partial charge in [-0.05, 0) is 37.9 Å². The van der Waals surface area contributed by atoms with Gasteiger partial charge in [0.1, 0.15) is 17.6 Å². The molecule has 0 aromatic carbocycles. The molecule has 2 rings (SSSR count). The number of rotatable bonds is 6. The SMILES string of the molecule is CCN(CC(=O)O)C1CC(Nc2ccc(C)c(C#N)n2)C1. The summed E-state index contributed by atoms with van der Waals surface area (Å²) in [4.78, 5) is 17.0. The van der Waals surface area contributed by atoms with E-state index in [-0.39, 0.29) is 6.54 Å². The molecule has 21 heavy (non-hydrogen) atoms. The Balaban J connectivity index is 1.88. The van der Waals surface area contributed by atoms with Gasteiger partial charge in [0.2, 0.25) is 0 Å². The van der Waals surface area contributed by atoms with Crippen LogP contribution in [0.25, 0.3) is 0 Å². The molecule has 2 N–H and O–H groups in total. The van der Waals surface area contributed by atoms with Crippen LogP contribution in [-0.4, -0.2) is 46.1 Å². The fourth-order valence-corrected chi connectivity index (χ4v) is 2.61. The molecule has 6 nitrogen and oxygen atoms in total. The van der Waals surface area contributed by atoms with Gasteiger partial charge in [0.25, 0.3) is 0 Å². The van der Waals surface area contributed by atoms with Crippen molar-refractivity contribution in [3.63, 3.8) is 0 Å². The van der Waals surface area contributed by atoms with Crippen molar-refractivity contribution in [1.82, 2.24) is 9.88 Å². The van der Waals surface area contributed by atoms with E-state index < -0.39 is 5.97 Å². The molecule has 1 saturated carbocycles. The fourth-order valence-electron chi connectivity index (χ4n) is 2.61. The minimum absolute atomic E-state index is 0.0925. The van der Waals surface area contributed by atoms with E-state index in [0.29, 0.717) is 23.6 Å². The van der Waals surface area contributed by atoms with Crippen molar-refractivity contribution in [3.8, 4) is 6.07 Å². The Morgan fingerprint density at radius 3 is 2.86 bits per heavy atom. The second-order valence-electron chi connectivity index (χ2n) is 5.40. The standard InChI is InChI=1S/C15H20N4O2/c1-3-19(9-15(20)21)12-6-11(7-12)17-14-5-4-10(2)13(8-16)18-14/h4-5,11-12H,3,6-7,9H2,1-2H3,(H,17,18)(H,20,21). The zero-order chi connectivity index (χ0) is 15.4. The minimum atomic E-state index is -0.785. The summed E-state index contributed by atoms with van der Waals surface area (Å²) in [5.41, 5.74) is 1.31. The van der Waals surface area contributed by atoms with E-state index in [2.05, 4.69) is 16.4 Å². The van der Waals surface area contributed by atoms with E-state index in [9.17, 15) is 4.79 Å². The van der Waals surface area contributed by atoms with Gasteiger partial charge in [-0.25, -0.2) is 4.98 Å². The molecule has 1 aromatic rings. The van der Waals surface area contributed by atoms with Gasteiger partial charge in [0.15, 0.2) is 0 Å². The van der Waals surface area contributed by atoms with Gasteiger partial charge in [0.05, 0.1) is 6.54 Å². The van der Waals surface area contributed by atoms with E-state index in [0.717, 1.165) is 24.9 Å². The first-order valence-electron chi connectivity index (χ1n) is 7.13. The van der Waals surface area contributed by atoms with Crippen LogP contribution in [0, 0.1) is 18.3 Å². The highest BCUT2D eigenvalue weighted by Crippen LogP contribution is 2.28. The lowest BCUT2D eigenvalue weighted by molar-refractivity contribution is -0.139. The first-order chi connectivity index (χ1) is 10.0. The second kappa shape index (κ2) is 6.55. The molecule has 0 aliphatic heterocycles. The van der Waals surface area contributed by atoms with Gasteiger partial charge in [-0.15, -0.1) is 0 Å². The Hall–Kier alpha value is -2.13. The summed E-state index contributed by atoms with van der Waals surface area (Å²) in [6, 6.07) is 6.43. The Kier molecular flexibility index (Phi) is 4.76. The third kappa shape index (κ3) is 3.70. The predicted octanol–water partition coefficient (Wildman–Crippen LogP) is 1.61. The summed E-state index contributed by atoms with van der Waals surface area (Å²) in [5.74, 6) is -0.0750. The van der Waals surface area contributed by atoms with E-state index in [1.54, 1.807) is 0 Å². The molecule has 0 amide bonds.